The van der Waals surface area contributed by atoms with Crippen LogP contribution in [0.25, 0.3) is 22.3 Å². The van der Waals surface area contributed by atoms with E-state index >= 15 is 0 Å². The molecule has 0 aliphatic rings. The zero-order chi connectivity index (χ0) is 23.4. The molecule has 0 atom stereocenters. The van der Waals surface area contributed by atoms with E-state index in [0.29, 0.717) is 12.1 Å². The Hall–Kier alpha value is -3.92. The molecule has 0 saturated carbocycles. The van der Waals surface area contributed by atoms with Crippen LogP contribution in [0.4, 0.5) is 5.69 Å². The van der Waals surface area contributed by atoms with Gasteiger partial charge in [0.25, 0.3) is 5.91 Å². The van der Waals surface area contributed by atoms with Gasteiger partial charge in [0.2, 0.25) is 0 Å². The summed E-state index contributed by atoms with van der Waals surface area (Å²) in [5.74, 6) is -0.102. The summed E-state index contributed by atoms with van der Waals surface area (Å²) in [6.07, 6.45) is 1.80. The summed E-state index contributed by atoms with van der Waals surface area (Å²) < 4.78 is 0. The van der Waals surface area contributed by atoms with E-state index in [2.05, 4.69) is 70.7 Å². The highest BCUT2D eigenvalue weighted by Crippen LogP contribution is 2.30. The summed E-state index contributed by atoms with van der Waals surface area (Å²) in [4.78, 5) is 19.5. The molecule has 0 fully saturated rings. The highest BCUT2D eigenvalue weighted by molar-refractivity contribution is 5.97. The first-order chi connectivity index (χ1) is 15.9. The van der Waals surface area contributed by atoms with Crippen LogP contribution in [0.15, 0.2) is 85.1 Å². The SMILES string of the molecule is Cc1ccc(-c2cc(C(=O)NCc3ccc(C)nc3)cc(-c3cccc(N(C)C)c3)c2)cc1. The summed E-state index contributed by atoms with van der Waals surface area (Å²) in [5, 5.41) is 3.04. The first-order valence-electron chi connectivity index (χ1n) is 11.1. The van der Waals surface area contributed by atoms with E-state index < -0.39 is 0 Å². The van der Waals surface area contributed by atoms with Crippen molar-refractivity contribution in [3.63, 3.8) is 0 Å². The van der Waals surface area contributed by atoms with E-state index in [1.165, 1.54) is 5.56 Å². The van der Waals surface area contributed by atoms with Gasteiger partial charge in [0.05, 0.1) is 0 Å². The zero-order valence-corrected chi connectivity index (χ0v) is 19.6. The molecule has 166 valence electrons. The van der Waals surface area contributed by atoms with Crippen molar-refractivity contribution in [3.8, 4) is 22.3 Å². The van der Waals surface area contributed by atoms with E-state index in [1.807, 2.05) is 51.4 Å². The maximum Gasteiger partial charge on any atom is 0.251 e. The predicted octanol–water partition coefficient (Wildman–Crippen LogP) is 6.03. The van der Waals surface area contributed by atoms with Gasteiger partial charge in [0, 0.05) is 43.8 Å². The molecule has 1 aromatic heterocycles. The van der Waals surface area contributed by atoms with Crippen LogP contribution < -0.4 is 10.2 Å². The topological polar surface area (TPSA) is 45.2 Å². The molecule has 4 heteroatoms. The van der Waals surface area contributed by atoms with E-state index in [-0.39, 0.29) is 5.91 Å². The number of carbonyl (C=O) groups is 1. The number of rotatable bonds is 6. The number of hydrogen-bond acceptors (Lipinski definition) is 3. The number of benzene rings is 3. The van der Waals surface area contributed by atoms with Crippen LogP contribution in [-0.4, -0.2) is 25.0 Å². The van der Waals surface area contributed by atoms with Crippen LogP contribution in [0.1, 0.15) is 27.2 Å². The highest BCUT2D eigenvalue weighted by Gasteiger charge is 2.12. The van der Waals surface area contributed by atoms with Gasteiger partial charge in [-0.3, -0.25) is 9.78 Å². The third kappa shape index (κ3) is 5.47. The zero-order valence-electron chi connectivity index (χ0n) is 19.6. The van der Waals surface area contributed by atoms with Gasteiger partial charge in [-0.05, 0) is 78.1 Å². The third-order valence-corrected chi connectivity index (χ3v) is 5.70. The Kier molecular flexibility index (Phi) is 6.55. The molecule has 1 N–H and O–H groups in total. The second kappa shape index (κ2) is 9.70. The average molecular weight is 436 g/mol. The molecule has 33 heavy (non-hydrogen) atoms. The molecule has 0 saturated heterocycles. The van der Waals surface area contributed by atoms with Crippen LogP contribution in [0.2, 0.25) is 0 Å². The molecular weight excluding hydrogens is 406 g/mol. The predicted molar refractivity (Wildman–Crippen MR) is 137 cm³/mol. The van der Waals surface area contributed by atoms with E-state index in [1.54, 1.807) is 6.20 Å². The fourth-order valence-corrected chi connectivity index (χ4v) is 3.69. The molecule has 0 spiro atoms. The van der Waals surface area contributed by atoms with Crippen LogP contribution >= 0.6 is 0 Å². The molecule has 4 nitrogen and oxygen atoms in total. The lowest BCUT2D eigenvalue weighted by Crippen LogP contribution is -2.23. The Bertz CT molecular complexity index is 1260. The van der Waals surface area contributed by atoms with Crippen molar-refractivity contribution in [2.24, 2.45) is 0 Å². The minimum absolute atomic E-state index is 0.102. The normalized spacial score (nSPS) is 10.7. The molecule has 0 aliphatic heterocycles. The number of aryl methyl sites for hydroxylation is 2. The number of nitrogens with zero attached hydrogens (tertiary/aromatic N) is 2. The fraction of sp³-hybridized carbons (Fsp3) is 0.172. The summed E-state index contributed by atoms with van der Waals surface area (Å²) in [7, 11) is 4.06. The lowest BCUT2D eigenvalue weighted by atomic mass is 9.95. The molecule has 0 aliphatic carbocycles. The quantitative estimate of drug-likeness (QED) is 0.402. The van der Waals surface area contributed by atoms with Gasteiger partial charge in [0.1, 0.15) is 0 Å². The standard InChI is InChI=1S/C29H29N3O/c1-20-8-12-23(13-9-20)25-14-26(24-6-5-7-28(17-24)32(3)4)16-27(15-25)29(33)31-19-22-11-10-21(2)30-18-22/h5-18H,19H2,1-4H3,(H,31,33). The number of carbonyl (C=O) groups excluding carboxylic acids is 1. The van der Waals surface area contributed by atoms with Crippen LogP contribution in [0, 0.1) is 13.8 Å². The van der Waals surface area contributed by atoms with Gasteiger partial charge in [-0.1, -0.05) is 48.0 Å². The number of amides is 1. The van der Waals surface area contributed by atoms with E-state index in [0.717, 1.165) is 39.2 Å². The first kappa shape index (κ1) is 22.3. The number of anilines is 1. The van der Waals surface area contributed by atoms with Crippen LogP contribution in [0.3, 0.4) is 0 Å². The molecule has 1 amide bonds. The molecule has 0 radical (unpaired) electrons. The van der Waals surface area contributed by atoms with Gasteiger partial charge in [-0.2, -0.15) is 0 Å². The van der Waals surface area contributed by atoms with Crippen molar-refractivity contribution in [1.29, 1.82) is 0 Å². The average Bonchev–Trinajstić information content (AvgIpc) is 2.83. The van der Waals surface area contributed by atoms with Crippen LogP contribution in [0.5, 0.6) is 0 Å². The first-order valence-corrected chi connectivity index (χ1v) is 11.1. The van der Waals surface area contributed by atoms with Gasteiger partial charge >= 0.3 is 0 Å². The Labute approximate surface area is 195 Å². The number of nitrogens with one attached hydrogen (secondary N) is 1. The minimum atomic E-state index is -0.102. The summed E-state index contributed by atoms with van der Waals surface area (Å²) in [6, 6.07) is 26.8. The van der Waals surface area contributed by atoms with Crippen molar-refractivity contribution in [1.82, 2.24) is 10.3 Å². The summed E-state index contributed by atoms with van der Waals surface area (Å²) in [5.41, 5.74) is 9.09. The summed E-state index contributed by atoms with van der Waals surface area (Å²) in [6.45, 7) is 4.46. The van der Waals surface area contributed by atoms with Gasteiger partial charge < -0.3 is 10.2 Å². The molecule has 4 aromatic rings. The minimum Gasteiger partial charge on any atom is -0.378 e. The fourth-order valence-electron chi connectivity index (χ4n) is 3.69. The molecule has 4 rings (SSSR count). The van der Waals surface area contributed by atoms with Crippen molar-refractivity contribution >= 4 is 11.6 Å². The monoisotopic (exact) mass is 435 g/mol. The summed E-state index contributed by atoms with van der Waals surface area (Å²) >= 11 is 0. The number of aromatic nitrogens is 1. The van der Waals surface area contributed by atoms with Crippen molar-refractivity contribution in [2.75, 3.05) is 19.0 Å². The molecular formula is C29H29N3O. The molecule has 3 aromatic carbocycles. The van der Waals surface area contributed by atoms with Gasteiger partial charge in [-0.25, -0.2) is 0 Å². The van der Waals surface area contributed by atoms with E-state index in [9.17, 15) is 4.79 Å². The Morgan fingerprint density at radius 3 is 2.21 bits per heavy atom. The van der Waals surface area contributed by atoms with Crippen molar-refractivity contribution < 1.29 is 4.79 Å². The number of hydrogen-bond donors (Lipinski definition) is 1. The van der Waals surface area contributed by atoms with Crippen molar-refractivity contribution in [2.45, 2.75) is 20.4 Å². The lowest BCUT2D eigenvalue weighted by Gasteiger charge is -2.15. The highest BCUT2D eigenvalue weighted by atomic mass is 16.1. The van der Waals surface area contributed by atoms with Gasteiger partial charge in [0.15, 0.2) is 0 Å². The third-order valence-electron chi connectivity index (χ3n) is 5.70. The van der Waals surface area contributed by atoms with Crippen molar-refractivity contribution in [3.05, 3.63) is 107 Å². The maximum atomic E-state index is 13.1. The molecule has 0 unspecified atom stereocenters. The van der Waals surface area contributed by atoms with Crippen LogP contribution in [-0.2, 0) is 6.54 Å². The molecule has 0 bridgehead atoms. The Morgan fingerprint density at radius 1 is 0.818 bits per heavy atom. The smallest absolute Gasteiger partial charge is 0.251 e. The Morgan fingerprint density at radius 2 is 1.55 bits per heavy atom. The molecule has 1 heterocycles. The van der Waals surface area contributed by atoms with E-state index in [4.69, 9.17) is 0 Å². The van der Waals surface area contributed by atoms with Gasteiger partial charge in [-0.15, -0.1) is 0 Å². The largest absolute Gasteiger partial charge is 0.378 e. The Balaban J connectivity index is 1.70. The maximum absolute atomic E-state index is 13.1. The lowest BCUT2D eigenvalue weighted by molar-refractivity contribution is 0.0951. The number of pyridine rings is 1. The second-order valence-corrected chi connectivity index (χ2v) is 8.60. The second-order valence-electron chi connectivity index (χ2n) is 8.60.